The molecule has 1 aliphatic heterocycles. The summed E-state index contributed by atoms with van der Waals surface area (Å²) in [5.74, 6) is 0.912. The molecule has 3 aromatic rings. The number of methoxy groups -OCH3 is 1. The Hall–Kier alpha value is -2.68. The van der Waals surface area contributed by atoms with Gasteiger partial charge in [0.2, 0.25) is 0 Å². The van der Waals surface area contributed by atoms with Crippen LogP contribution in [0.3, 0.4) is 0 Å². The Balaban J connectivity index is 1.88. The van der Waals surface area contributed by atoms with Gasteiger partial charge in [0.15, 0.2) is 0 Å². The smallest absolute Gasteiger partial charge is 0.119 e. The lowest BCUT2D eigenvalue weighted by molar-refractivity contribution is 0.414. The second kappa shape index (κ2) is 5.75. The second-order valence-corrected chi connectivity index (χ2v) is 6.49. The highest BCUT2D eigenvalue weighted by Crippen LogP contribution is 2.36. The number of ether oxygens (including phenoxy) is 1. The predicted octanol–water partition coefficient (Wildman–Crippen LogP) is 4.43. The monoisotopic (exact) mass is 318 g/mol. The van der Waals surface area contributed by atoms with Crippen LogP contribution in [0, 0.1) is 0 Å². The molecule has 0 saturated heterocycles. The maximum atomic E-state index is 5.41. The largest absolute Gasteiger partial charge is 0.497 e. The molecule has 122 valence electrons. The van der Waals surface area contributed by atoms with Gasteiger partial charge < -0.3 is 14.5 Å². The molecule has 0 atom stereocenters. The zero-order valence-electron chi connectivity index (χ0n) is 14.4. The highest BCUT2D eigenvalue weighted by Gasteiger charge is 2.20. The first kappa shape index (κ1) is 14.9. The first-order chi connectivity index (χ1) is 11.7. The van der Waals surface area contributed by atoms with Crippen LogP contribution < -0.4 is 14.5 Å². The molecule has 24 heavy (non-hydrogen) atoms. The molecule has 1 aliphatic rings. The molecular formula is C21H22N2O. The summed E-state index contributed by atoms with van der Waals surface area (Å²) in [5, 5.41) is 2.64. The van der Waals surface area contributed by atoms with E-state index in [9.17, 15) is 0 Å². The van der Waals surface area contributed by atoms with Crippen molar-refractivity contribution in [2.24, 2.45) is 0 Å². The molecule has 0 fully saturated rings. The predicted molar refractivity (Wildman–Crippen MR) is 101 cm³/mol. The van der Waals surface area contributed by atoms with Crippen molar-refractivity contribution in [1.29, 1.82) is 0 Å². The third-order valence-corrected chi connectivity index (χ3v) is 4.93. The zero-order valence-corrected chi connectivity index (χ0v) is 14.4. The summed E-state index contributed by atoms with van der Waals surface area (Å²) < 4.78 is 5.41. The van der Waals surface area contributed by atoms with Crippen LogP contribution in [-0.2, 0) is 13.1 Å². The van der Waals surface area contributed by atoms with Crippen LogP contribution in [0.5, 0.6) is 5.75 Å². The minimum atomic E-state index is 0.863. The molecule has 0 radical (unpaired) electrons. The van der Waals surface area contributed by atoms with E-state index in [1.165, 1.54) is 33.3 Å². The molecular weight excluding hydrogens is 296 g/mol. The summed E-state index contributed by atoms with van der Waals surface area (Å²) in [6.45, 7) is 1.75. The number of hydrogen-bond acceptors (Lipinski definition) is 3. The van der Waals surface area contributed by atoms with Gasteiger partial charge in [-0.3, -0.25) is 0 Å². The molecule has 0 unspecified atom stereocenters. The Morgan fingerprint density at radius 2 is 1.58 bits per heavy atom. The number of anilines is 2. The van der Waals surface area contributed by atoms with E-state index in [1.54, 1.807) is 7.11 Å². The average Bonchev–Trinajstić information content (AvgIpc) is 2.60. The first-order valence-corrected chi connectivity index (χ1v) is 8.27. The molecule has 0 bridgehead atoms. The van der Waals surface area contributed by atoms with Gasteiger partial charge in [-0.25, -0.2) is 0 Å². The molecule has 3 heteroatoms. The normalized spacial score (nSPS) is 14.0. The van der Waals surface area contributed by atoms with E-state index in [4.69, 9.17) is 4.74 Å². The lowest BCUT2D eigenvalue weighted by atomic mass is 9.99. The van der Waals surface area contributed by atoms with Crippen LogP contribution in [-0.4, -0.2) is 21.2 Å². The molecule has 0 N–H and O–H groups in total. The van der Waals surface area contributed by atoms with Crippen molar-refractivity contribution in [1.82, 2.24) is 0 Å². The molecule has 3 nitrogen and oxygen atoms in total. The van der Waals surface area contributed by atoms with Gasteiger partial charge in [0.25, 0.3) is 0 Å². The van der Waals surface area contributed by atoms with Crippen LogP contribution in [0.15, 0.2) is 54.6 Å². The average molecular weight is 318 g/mol. The van der Waals surface area contributed by atoms with Gasteiger partial charge >= 0.3 is 0 Å². The highest BCUT2D eigenvalue weighted by atomic mass is 16.5. The number of benzene rings is 3. The van der Waals surface area contributed by atoms with Crippen molar-refractivity contribution in [2.75, 3.05) is 31.0 Å². The third kappa shape index (κ3) is 2.37. The van der Waals surface area contributed by atoms with Gasteiger partial charge in [-0.15, -0.1) is 0 Å². The Kier molecular flexibility index (Phi) is 3.57. The van der Waals surface area contributed by atoms with Gasteiger partial charge in [-0.05, 0) is 40.6 Å². The van der Waals surface area contributed by atoms with E-state index in [0.717, 1.165) is 18.8 Å². The summed E-state index contributed by atoms with van der Waals surface area (Å²) in [7, 11) is 6.06. The third-order valence-electron chi connectivity index (χ3n) is 4.93. The van der Waals surface area contributed by atoms with Crippen LogP contribution in [0.25, 0.3) is 10.8 Å². The Bertz CT molecular complexity index is 903. The summed E-state index contributed by atoms with van der Waals surface area (Å²) in [6.07, 6.45) is 0. The second-order valence-electron chi connectivity index (χ2n) is 6.49. The van der Waals surface area contributed by atoms with Crippen LogP contribution in [0.1, 0.15) is 11.1 Å². The van der Waals surface area contributed by atoms with Crippen molar-refractivity contribution >= 4 is 22.1 Å². The highest BCUT2D eigenvalue weighted by molar-refractivity contribution is 5.91. The number of fused-ring (bicyclic) bond motifs is 4. The molecule has 4 rings (SSSR count). The summed E-state index contributed by atoms with van der Waals surface area (Å²) in [6, 6.07) is 19.5. The lowest BCUT2D eigenvalue weighted by Crippen LogP contribution is -2.27. The SMILES string of the molecule is COc1ccc2c(c1)CN(C)c1ccc3ccccc3c1CN2C. The quantitative estimate of drug-likeness (QED) is 0.660. The number of nitrogens with zero attached hydrogens (tertiary/aromatic N) is 2. The lowest BCUT2D eigenvalue weighted by Gasteiger charge is -2.33. The van der Waals surface area contributed by atoms with Crippen LogP contribution in [0.4, 0.5) is 11.4 Å². The minimum absolute atomic E-state index is 0.863. The Labute approximate surface area is 143 Å². The molecule has 0 saturated carbocycles. The number of hydrogen-bond donors (Lipinski definition) is 0. The Morgan fingerprint density at radius 1 is 0.833 bits per heavy atom. The van der Waals surface area contributed by atoms with Crippen LogP contribution >= 0.6 is 0 Å². The van der Waals surface area contributed by atoms with Gasteiger partial charge in [0.1, 0.15) is 5.75 Å². The maximum Gasteiger partial charge on any atom is 0.119 e. The van der Waals surface area contributed by atoms with Crippen LogP contribution in [0.2, 0.25) is 0 Å². The Morgan fingerprint density at radius 3 is 2.42 bits per heavy atom. The maximum absolute atomic E-state index is 5.41. The van der Waals surface area contributed by atoms with E-state index in [1.807, 2.05) is 6.07 Å². The van der Waals surface area contributed by atoms with Gasteiger partial charge in [0.05, 0.1) is 7.11 Å². The van der Waals surface area contributed by atoms with E-state index < -0.39 is 0 Å². The topological polar surface area (TPSA) is 15.7 Å². The standard InChI is InChI=1S/C21H22N2O/c1-22-13-16-12-17(24-3)9-11-20(16)23(2)14-19-18-7-5-4-6-15(18)8-10-21(19)22/h4-12H,13-14H2,1-3H3. The van der Waals surface area contributed by atoms with E-state index in [0.29, 0.717) is 0 Å². The fourth-order valence-corrected chi connectivity index (χ4v) is 3.70. The van der Waals surface area contributed by atoms with Crippen molar-refractivity contribution in [3.63, 3.8) is 0 Å². The molecule has 0 amide bonds. The van der Waals surface area contributed by atoms with Crippen molar-refractivity contribution in [3.05, 3.63) is 65.7 Å². The van der Waals surface area contributed by atoms with Gasteiger partial charge in [-0.2, -0.15) is 0 Å². The van der Waals surface area contributed by atoms with E-state index in [-0.39, 0.29) is 0 Å². The zero-order chi connectivity index (χ0) is 16.7. The fraction of sp³-hybridized carbons (Fsp3) is 0.238. The van der Waals surface area contributed by atoms with Gasteiger partial charge in [0, 0.05) is 44.1 Å². The van der Waals surface area contributed by atoms with Gasteiger partial charge in [-0.1, -0.05) is 30.3 Å². The minimum Gasteiger partial charge on any atom is -0.497 e. The number of rotatable bonds is 1. The summed E-state index contributed by atoms with van der Waals surface area (Å²) in [5.41, 5.74) is 5.24. The molecule has 3 aromatic carbocycles. The molecule has 0 aliphatic carbocycles. The summed E-state index contributed by atoms with van der Waals surface area (Å²) in [4.78, 5) is 4.68. The first-order valence-electron chi connectivity index (χ1n) is 8.27. The van der Waals surface area contributed by atoms with E-state index in [2.05, 4.69) is 72.4 Å². The van der Waals surface area contributed by atoms with Crippen molar-refractivity contribution in [3.8, 4) is 5.75 Å². The fourth-order valence-electron chi connectivity index (χ4n) is 3.70. The summed E-state index contributed by atoms with van der Waals surface area (Å²) >= 11 is 0. The van der Waals surface area contributed by atoms with Crippen molar-refractivity contribution in [2.45, 2.75) is 13.1 Å². The molecule has 0 aromatic heterocycles. The van der Waals surface area contributed by atoms with Crippen molar-refractivity contribution < 1.29 is 4.74 Å². The molecule has 1 heterocycles. The molecule has 0 spiro atoms. The van der Waals surface area contributed by atoms with E-state index >= 15 is 0 Å².